The lowest BCUT2D eigenvalue weighted by atomic mass is 9.84. The Kier molecular flexibility index (Phi) is 11.9. The van der Waals surface area contributed by atoms with E-state index in [1.807, 2.05) is 0 Å². The molecule has 50 heavy (non-hydrogen) atoms. The van der Waals surface area contributed by atoms with Crippen LogP contribution in [0.5, 0.6) is 0 Å². The van der Waals surface area contributed by atoms with E-state index in [4.69, 9.17) is 6.57 Å². The van der Waals surface area contributed by atoms with Gasteiger partial charge in [-0.3, -0.25) is 0 Å². The number of para-hydroxylation sites is 2. The molecule has 0 N–H and O–H groups in total. The Bertz CT molecular complexity index is 1720. The van der Waals surface area contributed by atoms with Crippen molar-refractivity contribution in [2.75, 3.05) is 22.9 Å². The summed E-state index contributed by atoms with van der Waals surface area (Å²) in [5.41, 5.74) is 10.9. The van der Waals surface area contributed by atoms with Gasteiger partial charge in [0.2, 0.25) is 0 Å². The standard InChI is InChI=1S/C46H54N4/c1-8-10-20-32-49-40-26-16-14-24-37(40)45(3,4)42(49)28-18-12-22-35-30-31-36(44(35)39(34-47)48-7)23-13-19-29-43-46(5,6)38-25-15-17-27-41(38)50(43)33-21-11-9-2/h12-19,22-29H,8-11,20-21,30-33H2,1-6H3/b18-12+,19-13+,35-22+,36-23+,42-28+,43-29+. The number of hydrogen-bond acceptors (Lipinski definition) is 3. The first-order chi connectivity index (χ1) is 24.2. The van der Waals surface area contributed by atoms with E-state index in [2.05, 4.69) is 159 Å². The number of benzene rings is 2. The zero-order valence-corrected chi connectivity index (χ0v) is 31.1. The van der Waals surface area contributed by atoms with Crippen LogP contribution in [0.3, 0.4) is 0 Å². The summed E-state index contributed by atoms with van der Waals surface area (Å²) in [6.45, 7) is 23.6. The fourth-order valence-electron chi connectivity index (χ4n) is 7.94. The lowest BCUT2D eigenvalue weighted by molar-refractivity contribution is 0.619. The number of allylic oxidation sites excluding steroid dienone is 14. The van der Waals surface area contributed by atoms with Crippen LogP contribution in [0, 0.1) is 17.9 Å². The Morgan fingerprint density at radius 1 is 0.700 bits per heavy atom. The van der Waals surface area contributed by atoms with Gasteiger partial charge in [0.05, 0.1) is 12.6 Å². The summed E-state index contributed by atoms with van der Waals surface area (Å²) in [7, 11) is 0. The normalized spacial score (nSPS) is 20.8. The molecule has 0 spiro atoms. The predicted molar refractivity (Wildman–Crippen MR) is 212 cm³/mol. The van der Waals surface area contributed by atoms with Gasteiger partial charge in [-0.25, -0.2) is 10.1 Å². The van der Waals surface area contributed by atoms with Gasteiger partial charge in [0.25, 0.3) is 5.70 Å². The molecular formula is C46H54N4. The van der Waals surface area contributed by atoms with E-state index in [0.29, 0.717) is 0 Å². The Morgan fingerprint density at radius 3 is 1.52 bits per heavy atom. The molecule has 0 bridgehead atoms. The second-order valence-electron chi connectivity index (χ2n) is 14.7. The maximum Gasteiger partial charge on any atom is 0.269 e. The van der Waals surface area contributed by atoms with E-state index in [9.17, 15) is 5.26 Å². The molecule has 258 valence electrons. The molecule has 0 aromatic heterocycles. The van der Waals surface area contributed by atoms with Gasteiger partial charge in [-0.05, 0) is 77.8 Å². The molecule has 2 aromatic rings. The van der Waals surface area contributed by atoms with Crippen molar-refractivity contribution in [1.82, 2.24) is 0 Å². The lowest BCUT2D eigenvalue weighted by Crippen LogP contribution is -2.27. The minimum Gasteiger partial charge on any atom is -0.344 e. The summed E-state index contributed by atoms with van der Waals surface area (Å²) in [4.78, 5) is 8.64. The van der Waals surface area contributed by atoms with Crippen LogP contribution in [0.4, 0.5) is 11.4 Å². The Hall–Kier alpha value is -4.80. The van der Waals surface area contributed by atoms with Gasteiger partial charge in [0, 0.05) is 46.7 Å². The smallest absolute Gasteiger partial charge is 0.269 e. The first kappa shape index (κ1) is 36.5. The Morgan fingerprint density at radius 2 is 1.12 bits per heavy atom. The SMILES string of the molecule is [C-]#[N+]C(C#N)=C1/C(=C/C=C/C=C2/N(CCCCC)c3ccccc3C2(C)C)CC\C1=C/C=C/C=C1/N(CCCCC)c2ccccc2C1(C)C. The van der Waals surface area contributed by atoms with Crippen LogP contribution in [-0.2, 0) is 10.8 Å². The van der Waals surface area contributed by atoms with E-state index in [0.717, 1.165) is 55.5 Å². The van der Waals surface area contributed by atoms with Crippen molar-refractivity contribution < 1.29 is 0 Å². The third kappa shape index (κ3) is 7.37. The van der Waals surface area contributed by atoms with Gasteiger partial charge in [-0.15, -0.1) is 0 Å². The fourth-order valence-corrected chi connectivity index (χ4v) is 7.94. The molecule has 4 heteroatoms. The zero-order chi connectivity index (χ0) is 35.7. The molecule has 5 rings (SSSR count). The van der Waals surface area contributed by atoms with E-state index >= 15 is 0 Å². The van der Waals surface area contributed by atoms with Crippen molar-refractivity contribution in [3.8, 4) is 6.07 Å². The van der Waals surface area contributed by atoms with Gasteiger partial charge in [0.1, 0.15) is 0 Å². The number of rotatable bonds is 12. The molecular weight excluding hydrogens is 609 g/mol. The third-order valence-corrected chi connectivity index (χ3v) is 10.7. The molecule has 0 amide bonds. The van der Waals surface area contributed by atoms with Gasteiger partial charge < -0.3 is 9.80 Å². The van der Waals surface area contributed by atoms with Crippen LogP contribution in [0.25, 0.3) is 4.85 Å². The number of hydrogen-bond donors (Lipinski definition) is 0. The van der Waals surface area contributed by atoms with E-state index in [-0.39, 0.29) is 16.5 Å². The highest BCUT2D eigenvalue weighted by atomic mass is 15.2. The summed E-state index contributed by atoms with van der Waals surface area (Å²) < 4.78 is 0. The second kappa shape index (κ2) is 16.3. The van der Waals surface area contributed by atoms with Gasteiger partial charge >= 0.3 is 0 Å². The van der Waals surface area contributed by atoms with E-state index in [1.165, 1.54) is 59.6 Å². The summed E-state index contributed by atoms with van der Waals surface area (Å²) in [5.74, 6) is 0. The fraction of sp³-hybridized carbons (Fsp3) is 0.391. The molecule has 3 aliphatic rings. The van der Waals surface area contributed by atoms with Crippen LogP contribution >= 0.6 is 0 Å². The molecule has 1 fully saturated rings. The van der Waals surface area contributed by atoms with Crippen molar-refractivity contribution in [2.24, 2.45) is 0 Å². The first-order valence-corrected chi connectivity index (χ1v) is 18.6. The molecule has 4 nitrogen and oxygen atoms in total. The minimum atomic E-state index is -0.0859. The molecule has 2 aliphatic heterocycles. The molecule has 0 radical (unpaired) electrons. The largest absolute Gasteiger partial charge is 0.344 e. The molecule has 0 saturated heterocycles. The monoisotopic (exact) mass is 662 g/mol. The van der Waals surface area contributed by atoms with Gasteiger partial charge in [-0.1, -0.05) is 140 Å². The zero-order valence-electron chi connectivity index (χ0n) is 31.1. The van der Waals surface area contributed by atoms with Crippen molar-refractivity contribution >= 4 is 11.4 Å². The highest BCUT2D eigenvalue weighted by Crippen LogP contribution is 2.49. The van der Waals surface area contributed by atoms with Crippen LogP contribution in [-0.4, -0.2) is 13.1 Å². The molecule has 1 saturated carbocycles. The summed E-state index contributed by atoms with van der Waals surface area (Å²) in [6, 6.07) is 19.7. The first-order valence-electron chi connectivity index (χ1n) is 18.6. The van der Waals surface area contributed by atoms with Gasteiger partial charge in [0.15, 0.2) is 0 Å². The van der Waals surface area contributed by atoms with E-state index in [1.54, 1.807) is 0 Å². The number of unbranched alkanes of at least 4 members (excludes halogenated alkanes) is 4. The number of nitrogens with zero attached hydrogens (tertiary/aromatic N) is 4. The summed E-state index contributed by atoms with van der Waals surface area (Å²) in [6.07, 6.45) is 25.9. The predicted octanol–water partition coefficient (Wildman–Crippen LogP) is 12.2. The van der Waals surface area contributed by atoms with Crippen LogP contribution in [0.15, 0.2) is 131 Å². The van der Waals surface area contributed by atoms with Crippen LogP contribution in [0.1, 0.15) is 104 Å². The van der Waals surface area contributed by atoms with Gasteiger partial charge in [-0.2, -0.15) is 0 Å². The maximum absolute atomic E-state index is 9.93. The molecule has 2 heterocycles. The quantitative estimate of drug-likeness (QED) is 0.129. The van der Waals surface area contributed by atoms with Crippen molar-refractivity contribution in [2.45, 2.75) is 104 Å². The Balaban J connectivity index is 1.39. The maximum atomic E-state index is 9.93. The number of anilines is 2. The molecule has 0 unspecified atom stereocenters. The average Bonchev–Trinajstić information content (AvgIpc) is 3.68. The van der Waals surface area contributed by atoms with E-state index < -0.39 is 0 Å². The highest BCUT2D eigenvalue weighted by molar-refractivity contribution is 5.72. The van der Waals surface area contributed by atoms with Crippen LogP contribution < -0.4 is 9.80 Å². The topological polar surface area (TPSA) is 34.6 Å². The molecule has 1 aliphatic carbocycles. The van der Waals surface area contributed by atoms with Crippen molar-refractivity contribution in [3.05, 3.63) is 153 Å². The van der Waals surface area contributed by atoms with Crippen molar-refractivity contribution in [1.29, 1.82) is 5.26 Å². The minimum absolute atomic E-state index is 0.0859. The molecule has 2 aromatic carbocycles. The lowest BCUT2D eigenvalue weighted by Gasteiger charge is -2.27. The summed E-state index contributed by atoms with van der Waals surface area (Å²) in [5, 5.41) is 9.93. The third-order valence-electron chi connectivity index (χ3n) is 10.7. The van der Waals surface area contributed by atoms with Crippen molar-refractivity contribution in [3.63, 3.8) is 0 Å². The number of nitriles is 1. The molecule has 0 atom stereocenters. The number of fused-ring (bicyclic) bond motifs is 2. The average molecular weight is 663 g/mol. The van der Waals surface area contributed by atoms with Crippen LogP contribution in [0.2, 0.25) is 0 Å². The second-order valence-corrected chi connectivity index (χ2v) is 14.7. The summed E-state index contributed by atoms with van der Waals surface area (Å²) >= 11 is 0. The highest BCUT2D eigenvalue weighted by Gasteiger charge is 2.40. The Labute approximate surface area is 302 Å².